The number of methoxy groups -OCH3 is 1. The minimum absolute atomic E-state index is 0.0557. The molecule has 3 atom stereocenters. The van der Waals surface area contributed by atoms with E-state index in [1.165, 1.54) is 0 Å². The molecule has 49 heavy (non-hydrogen) atoms. The molecule has 3 amide bonds. The number of nitrogens with zero attached hydrogens (tertiary/aromatic N) is 2. The van der Waals surface area contributed by atoms with Gasteiger partial charge in [-0.05, 0) is 54.8 Å². The molecule has 0 spiro atoms. The summed E-state index contributed by atoms with van der Waals surface area (Å²) in [5.74, 6) is -2.23. The van der Waals surface area contributed by atoms with Gasteiger partial charge in [0, 0.05) is 83.4 Å². The molecule has 0 radical (unpaired) electrons. The Hall–Kier alpha value is -4.52. The van der Waals surface area contributed by atoms with Crippen LogP contribution in [0.2, 0.25) is 0 Å². The quantitative estimate of drug-likeness (QED) is 0.291. The molecule has 2 aromatic carbocycles. The third kappa shape index (κ3) is 12.1. The predicted molar refractivity (Wildman–Crippen MR) is 190 cm³/mol. The lowest BCUT2D eigenvalue weighted by Crippen LogP contribution is -2.53. The van der Waals surface area contributed by atoms with Crippen molar-refractivity contribution in [2.24, 2.45) is 0 Å². The molecular formula is C37H50N6O6. The Kier molecular flexibility index (Phi) is 14.4. The van der Waals surface area contributed by atoms with Gasteiger partial charge in [-0.25, -0.2) is 4.79 Å². The first kappa shape index (κ1) is 37.3. The van der Waals surface area contributed by atoms with Gasteiger partial charge in [0.2, 0.25) is 17.7 Å². The maximum Gasteiger partial charge on any atom is 0.326 e. The van der Waals surface area contributed by atoms with Crippen molar-refractivity contribution in [3.63, 3.8) is 0 Å². The van der Waals surface area contributed by atoms with Crippen LogP contribution in [0.4, 0.5) is 11.4 Å². The maximum atomic E-state index is 13.6. The SMILES string of the molecule is CC=CC(=CC)CC(=O)NC1Cc2ccc(cc2)NC(=O)CCN2CCN(CCC(OC)Nc3ccc(cc3)CC(C(=O)O)NC1=O)CC2. The Bertz CT molecular complexity index is 1470. The van der Waals surface area contributed by atoms with E-state index < -0.39 is 24.0 Å². The van der Waals surface area contributed by atoms with E-state index in [1.807, 2.05) is 56.3 Å². The maximum absolute atomic E-state index is 13.6. The van der Waals surface area contributed by atoms with E-state index in [9.17, 15) is 24.3 Å². The first-order chi connectivity index (χ1) is 23.6. The van der Waals surface area contributed by atoms with Gasteiger partial charge in [0.25, 0.3) is 0 Å². The summed E-state index contributed by atoms with van der Waals surface area (Å²) < 4.78 is 5.69. The van der Waals surface area contributed by atoms with E-state index in [4.69, 9.17) is 4.74 Å². The molecule has 12 heteroatoms. The average molecular weight is 675 g/mol. The van der Waals surface area contributed by atoms with Crippen molar-refractivity contribution >= 4 is 35.1 Å². The number of aliphatic carboxylic acids is 1. The lowest BCUT2D eigenvalue weighted by atomic mass is 10.0. The van der Waals surface area contributed by atoms with Crippen LogP contribution in [-0.2, 0) is 36.8 Å². The number of benzene rings is 2. The summed E-state index contributed by atoms with van der Waals surface area (Å²) in [5.41, 5.74) is 3.73. The molecule has 12 nitrogen and oxygen atoms in total. The van der Waals surface area contributed by atoms with E-state index >= 15 is 0 Å². The molecule has 0 aliphatic carbocycles. The first-order valence-corrected chi connectivity index (χ1v) is 17.0. The molecule has 0 aromatic heterocycles. The number of rotatable bonds is 6. The largest absolute Gasteiger partial charge is 0.480 e. The summed E-state index contributed by atoms with van der Waals surface area (Å²) in [7, 11) is 1.67. The number of ether oxygens (including phenoxy) is 1. The monoisotopic (exact) mass is 674 g/mol. The van der Waals surface area contributed by atoms with Crippen LogP contribution in [0.3, 0.4) is 0 Å². The molecule has 0 saturated carbocycles. The fourth-order valence-electron chi connectivity index (χ4n) is 5.97. The number of allylic oxidation sites excluding steroid dienone is 3. The fourth-order valence-corrected chi connectivity index (χ4v) is 5.97. The summed E-state index contributed by atoms with van der Waals surface area (Å²) in [6.45, 7) is 8.85. The highest BCUT2D eigenvalue weighted by Crippen LogP contribution is 2.17. The standard InChI is InChI=1S/C37H50N6O6/c1-4-6-26(5-2)25-34(45)40-31-23-27-7-11-29(12-8-27)38-33(44)15-17-42-19-21-43(22-20-42)18-16-35(49-3)39-30-13-9-28(10-14-30)24-32(37(47)48)41-36(31)46/h4-14,31-32,35,39H,15-25H2,1-3H3,(H,38,44)(H,40,45)(H,41,46)(H,47,48). The van der Waals surface area contributed by atoms with Crippen LogP contribution < -0.4 is 21.3 Å². The number of hydrogen-bond acceptors (Lipinski definition) is 8. The third-order valence-electron chi connectivity index (χ3n) is 8.89. The molecule has 2 aromatic rings. The molecule has 264 valence electrons. The number of hydrogen-bond donors (Lipinski definition) is 5. The van der Waals surface area contributed by atoms with Crippen molar-refractivity contribution in [2.45, 2.75) is 64.3 Å². The van der Waals surface area contributed by atoms with Gasteiger partial charge >= 0.3 is 5.97 Å². The number of anilines is 2. The van der Waals surface area contributed by atoms with Gasteiger partial charge < -0.3 is 40.9 Å². The number of carboxylic acid groups (broad SMARTS) is 1. The zero-order valence-corrected chi connectivity index (χ0v) is 28.7. The van der Waals surface area contributed by atoms with E-state index in [2.05, 4.69) is 31.1 Å². The van der Waals surface area contributed by atoms with E-state index in [1.54, 1.807) is 31.4 Å². The van der Waals surface area contributed by atoms with Crippen molar-refractivity contribution in [1.29, 1.82) is 0 Å². The number of nitrogens with one attached hydrogen (secondary N) is 4. The number of piperazine rings is 1. The Labute approximate surface area is 288 Å². The summed E-state index contributed by atoms with van der Waals surface area (Å²) in [4.78, 5) is 56.5. The molecule has 6 bridgehead atoms. The van der Waals surface area contributed by atoms with E-state index in [-0.39, 0.29) is 37.3 Å². The molecule has 1 fully saturated rings. The van der Waals surface area contributed by atoms with Gasteiger partial charge in [-0.1, -0.05) is 42.5 Å². The summed E-state index contributed by atoms with van der Waals surface area (Å²) >= 11 is 0. The normalized spacial score (nSPS) is 24.6. The lowest BCUT2D eigenvalue weighted by Gasteiger charge is -2.35. The molecule has 7 rings (SSSR count). The Morgan fingerprint density at radius 3 is 2.08 bits per heavy atom. The molecule has 1 saturated heterocycles. The van der Waals surface area contributed by atoms with Gasteiger partial charge in [-0.3, -0.25) is 14.4 Å². The van der Waals surface area contributed by atoms with Crippen LogP contribution in [0, 0.1) is 0 Å². The molecule has 5 N–H and O–H groups in total. The van der Waals surface area contributed by atoms with Crippen molar-refractivity contribution < 1.29 is 29.0 Å². The second-order valence-electron chi connectivity index (χ2n) is 12.5. The van der Waals surface area contributed by atoms with Crippen molar-refractivity contribution in [1.82, 2.24) is 20.4 Å². The van der Waals surface area contributed by atoms with Gasteiger partial charge in [-0.2, -0.15) is 0 Å². The number of fused-ring (bicyclic) bond motifs is 3. The minimum Gasteiger partial charge on any atom is -0.480 e. The first-order valence-electron chi connectivity index (χ1n) is 17.0. The average Bonchev–Trinajstić information content (AvgIpc) is 3.09. The second kappa shape index (κ2) is 18.9. The highest BCUT2D eigenvalue weighted by Gasteiger charge is 2.27. The molecule has 5 heterocycles. The summed E-state index contributed by atoms with van der Waals surface area (Å²) in [6.07, 6.45) is 6.67. The van der Waals surface area contributed by atoms with Gasteiger partial charge in [0.15, 0.2) is 0 Å². The van der Waals surface area contributed by atoms with Gasteiger partial charge in [0.1, 0.15) is 18.3 Å². The van der Waals surface area contributed by atoms with Crippen LogP contribution in [0.25, 0.3) is 0 Å². The Morgan fingerprint density at radius 1 is 0.878 bits per heavy atom. The summed E-state index contributed by atoms with van der Waals surface area (Å²) in [6, 6.07) is 12.3. The van der Waals surface area contributed by atoms with Crippen molar-refractivity contribution in [2.75, 3.05) is 57.0 Å². The molecule has 3 unspecified atom stereocenters. The van der Waals surface area contributed by atoms with Crippen molar-refractivity contribution in [3.8, 4) is 0 Å². The Balaban J connectivity index is 1.55. The predicted octanol–water partition coefficient (Wildman–Crippen LogP) is 3.17. The summed E-state index contributed by atoms with van der Waals surface area (Å²) in [5, 5.41) is 21.9. The van der Waals surface area contributed by atoms with Crippen LogP contribution in [0.1, 0.15) is 44.2 Å². The zero-order valence-electron chi connectivity index (χ0n) is 28.7. The van der Waals surface area contributed by atoms with Gasteiger partial charge in [0.05, 0.1) is 6.42 Å². The number of amides is 3. The van der Waals surface area contributed by atoms with E-state index in [0.717, 1.165) is 61.5 Å². The topological polar surface area (TPSA) is 152 Å². The van der Waals surface area contributed by atoms with Crippen LogP contribution >= 0.6 is 0 Å². The highest BCUT2D eigenvalue weighted by molar-refractivity contribution is 5.92. The van der Waals surface area contributed by atoms with Crippen LogP contribution in [0.15, 0.2) is 72.3 Å². The van der Waals surface area contributed by atoms with Crippen LogP contribution in [-0.4, -0.2) is 103 Å². The van der Waals surface area contributed by atoms with Crippen LogP contribution in [0.5, 0.6) is 0 Å². The van der Waals surface area contributed by atoms with Gasteiger partial charge in [-0.15, -0.1) is 0 Å². The zero-order chi connectivity index (χ0) is 35.2. The molecule has 5 aliphatic rings. The number of carbonyl (C=O) groups excluding carboxylic acids is 3. The smallest absolute Gasteiger partial charge is 0.326 e. The van der Waals surface area contributed by atoms with E-state index in [0.29, 0.717) is 18.7 Å². The Morgan fingerprint density at radius 2 is 1.49 bits per heavy atom. The third-order valence-corrected chi connectivity index (χ3v) is 8.89. The number of carbonyl (C=O) groups is 4. The molecule has 5 aliphatic heterocycles. The second-order valence-corrected chi connectivity index (χ2v) is 12.5. The minimum atomic E-state index is -1.22. The van der Waals surface area contributed by atoms with Crippen molar-refractivity contribution in [3.05, 3.63) is 83.5 Å². The number of carboxylic acids is 1. The molecular weight excluding hydrogens is 624 g/mol. The fraction of sp³-hybridized carbons (Fsp3) is 0.459. The lowest BCUT2D eigenvalue weighted by molar-refractivity contribution is -0.142. The highest BCUT2D eigenvalue weighted by atomic mass is 16.5.